The van der Waals surface area contributed by atoms with Crippen molar-refractivity contribution in [2.45, 2.75) is 6.92 Å². The molecule has 0 spiro atoms. The van der Waals surface area contributed by atoms with Gasteiger partial charge >= 0.3 is 0 Å². The largest absolute Gasteiger partial charge is 0.494 e. The van der Waals surface area contributed by atoms with Gasteiger partial charge in [0.2, 0.25) is 0 Å². The quantitative estimate of drug-likeness (QED) is 0.831. The Labute approximate surface area is 103 Å². The second-order valence-corrected chi connectivity index (χ2v) is 3.92. The Morgan fingerprint density at radius 2 is 2.18 bits per heavy atom. The SMILES string of the molecule is COc1cccc(-c2[nH]cnc(=S)c2C)c1F. The number of hydrogen-bond donors (Lipinski definition) is 1. The molecule has 0 saturated heterocycles. The molecule has 0 aliphatic rings. The average Bonchev–Trinajstić information content (AvgIpc) is 2.33. The highest BCUT2D eigenvalue weighted by Gasteiger charge is 2.13. The molecule has 2 aromatic rings. The van der Waals surface area contributed by atoms with Crippen molar-refractivity contribution in [2.24, 2.45) is 0 Å². The normalized spacial score (nSPS) is 10.3. The molecule has 0 aliphatic heterocycles. The van der Waals surface area contributed by atoms with Gasteiger partial charge in [0.1, 0.15) is 4.64 Å². The molecule has 1 aromatic carbocycles. The molecule has 0 bridgehead atoms. The van der Waals surface area contributed by atoms with E-state index in [2.05, 4.69) is 9.97 Å². The van der Waals surface area contributed by atoms with Gasteiger partial charge in [-0.3, -0.25) is 0 Å². The van der Waals surface area contributed by atoms with Crippen LogP contribution in [0.4, 0.5) is 4.39 Å². The Balaban J connectivity index is 2.69. The first kappa shape index (κ1) is 11.7. The number of methoxy groups -OCH3 is 1. The Hall–Kier alpha value is -1.75. The molecule has 0 amide bonds. The third-order valence-electron chi connectivity index (χ3n) is 2.54. The van der Waals surface area contributed by atoms with Gasteiger partial charge in [-0.15, -0.1) is 0 Å². The van der Waals surface area contributed by atoms with Crippen molar-refractivity contribution < 1.29 is 9.13 Å². The maximum Gasteiger partial charge on any atom is 0.174 e. The van der Waals surface area contributed by atoms with Gasteiger partial charge in [0.15, 0.2) is 11.6 Å². The number of aromatic nitrogens is 2. The number of nitrogens with one attached hydrogen (secondary N) is 1. The maximum atomic E-state index is 14.1. The van der Waals surface area contributed by atoms with Crippen molar-refractivity contribution >= 4 is 12.2 Å². The van der Waals surface area contributed by atoms with Crippen LogP contribution in [0.5, 0.6) is 5.75 Å². The van der Waals surface area contributed by atoms with Crippen molar-refractivity contribution in [3.63, 3.8) is 0 Å². The number of hydrogen-bond acceptors (Lipinski definition) is 3. The minimum Gasteiger partial charge on any atom is -0.494 e. The van der Waals surface area contributed by atoms with Crippen LogP contribution < -0.4 is 4.74 Å². The van der Waals surface area contributed by atoms with Crippen LogP contribution in [0.3, 0.4) is 0 Å². The number of benzene rings is 1. The van der Waals surface area contributed by atoms with E-state index in [1.165, 1.54) is 13.4 Å². The fourth-order valence-corrected chi connectivity index (χ4v) is 1.76. The molecule has 88 valence electrons. The summed E-state index contributed by atoms with van der Waals surface area (Å²) in [6.45, 7) is 1.81. The second-order valence-electron chi connectivity index (χ2n) is 3.53. The van der Waals surface area contributed by atoms with Gasteiger partial charge in [-0.1, -0.05) is 18.3 Å². The van der Waals surface area contributed by atoms with Crippen molar-refractivity contribution in [3.05, 3.63) is 40.5 Å². The highest BCUT2D eigenvalue weighted by Crippen LogP contribution is 2.29. The molecule has 0 radical (unpaired) electrons. The number of ether oxygens (including phenoxy) is 1. The van der Waals surface area contributed by atoms with Gasteiger partial charge in [0.05, 0.1) is 19.1 Å². The van der Waals surface area contributed by atoms with Gasteiger partial charge < -0.3 is 9.72 Å². The summed E-state index contributed by atoms with van der Waals surface area (Å²) in [5.74, 6) is -0.201. The van der Waals surface area contributed by atoms with Gasteiger partial charge in [-0.05, 0) is 19.1 Å². The molecular formula is C12H11FN2OS. The summed E-state index contributed by atoms with van der Waals surface area (Å²) < 4.78 is 19.5. The lowest BCUT2D eigenvalue weighted by atomic mass is 10.1. The van der Waals surface area contributed by atoms with Gasteiger partial charge in [-0.2, -0.15) is 0 Å². The topological polar surface area (TPSA) is 37.9 Å². The van der Waals surface area contributed by atoms with Gasteiger partial charge in [0.25, 0.3) is 0 Å². The van der Waals surface area contributed by atoms with Crippen LogP contribution in [-0.2, 0) is 0 Å². The van der Waals surface area contributed by atoms with Crippen molar-refractivity contribution in [3.8, 4) is 17.0 Å². The lowest BCUT2D eigenvalue weighted by molar-refractivity contribution is 0.387. The Bertz CT molecular complexity index is 610. The molecule has 2 rings (SSSR count). The smallest absolute Gasteiger partial charge is 0.174 e. The lowest BCUT2D eigenvalue weighted by Crippen LogP contribution is -1.96. The minimum absolute atomic E-state index is 0.207. The van der Waals surface area contributed by atoms with E-state index in [1.54, 1.807) is 25.1 Å². The van der Waals surface area contributed by atoms with Crippen LogP contribution in [-0.4, -0.2) is 17.1 Å². The first-order valence-corrected chi connectivity index (χ1v) is 5.43. The molecule has 5 heteroatoms. The predicted molar refractivity (Wildman–Crippen MR) is 66.1 cm³/mol. The van der Waals surface area contributed by atoms with Crippen molar-refractivity contribution in [1.29, 1.82) is 0 Å². The first-order chi connectivity index (χ1) is 8.15. The molecule has 0 atom stereocenters. The number of rotatable bonds is 2. The summed E-state index contributed by atoms with van der Waals surface area (Å²) >= 11 is 5.06. The predicted octanol–water partition coefficient (Wildman–Crippen LogP) is 3.26. The van der Waals surface area contributed by atoms with Crippen LogP contribution >= 0.6 is 12.2 Å². The Morgan fingerprint density at radius 3 is 2.88 bits per heavy atom. The third kappa shape index (κ3) is 2.06. The maximum absolute atomic E-state index is 14.1. The number of H-pyrrole nitrogens is 1. The van der Waals surface area contributed by atoms with Crippen molar-refractivity contribution in [2.75, 3.05) is 7.11 Å². The molecule has 0 saturated carbocycles. The summed E-state index contributed by atoms with van der Waals surface area (Å²) in [4.78, 5) is 6.86. The molecular weight excluding hydrogens is 239 g/mol. The van der Waals surface area contributed by atoms with E-state index in [-0.39, 0.29) is 5.75 Å². The van der Waals surface area contributed by atoms with E-state index < -0.39 is 5.82 Å². The standard InChI is InChI=1S/C12H11FN2OS/c1-7-11(14-6-15-12(7)17)8-4-3-5-9(16-2)10(8)13/h3-6H,1-2H3,(H,14,15,17). The van der Waals surface area contributed by atoms with Gasteiger partial charge in [0, 0.05) is 11.1 Å². The number of nitrogens with zero attached hydrogens (tertiary/aromatic N) is 1. The van der Waals surface area contributed by atoms with Crippen LogP contribution in [0.25, 0.3) is 11.3 Å². The van der Waals surface area contributed by atoms with E-state index in [4.69, 9.17) is 17.0 Å². The molecule has 0 unspecified atom stereocenters. The van der Waals surface area contributed by atoms with E-state index >= 15 is 0 Å². The highest BCUT2D eigenvalue weighted by molar-refractivity contribution is 7.71. The zero-order chi connectivity index (χ0) is 12.4. The third-order valence-corrected chi connectivity index (χ3v) is 2.95. The summed E-state index contributed by atoms with van der Waals surface area (Å²) in [5.41, 5.74) is 1.80. The van der Waals surface area contributed by atoms with Crippen LogP contribution in [0.15, 0.2) is 24.5 Å². The zero-order valence-corrected chi connectivity index (χ0v) is 10.3. The molecule has 0 aliphatic carbocycles. The van der Waals surface area contributed by atoms with Crippen LogP contribution in [0.1, 0.15) is 5.56 Å². The summed E-state index contributed by atoms with van der Waals surface area (Å²) in [5, 5.41) is 0. The summed E-state index contributed by atoms with van der Waals surface area (Å²) in [6, 6.07) is 4.98. The van der Waals surface area contributed by atoms with Crippen LogP contribution in [0, 0.1) is 17.4 Å². The fourth-order valence-electron chi connectivity index (χ4n) is 1.61. The average molecular weight is 250 g/mol. The van der Waals surface area contributed by atoms with Gasteiger partial charge in [-0.25, -0.2) is 9.37 Å². The number of aromatic amines is 1. The molecule has 17 heavy (non-hydrogen) atoms. The molecule has 0 fully saturated rings. The van der Waals surface area contributed by atoms with E-state index in [9.17, 15) is 4.39 Å². The van der Waals surface area contributed by atoms with E-state index in [0.29, 0.717) is 15.9 Å². The zero-order valence-electron chi connectivity index (χ0n) is 9.45. The second kappa shape index (κ2) is 4.63. The Morgan fingerprint density at radius 1 is 1.41 bits per heavy atom. The molecule has 3 nitrogen and oxygen atoms in total. The number of halogens is 1. The Kier molecular flexibility index (Phi) is 3.19. The molecule has 1 N–H and O–H groups in total. The monoisotopic (exact) mass is 250 g/mol. The van der Waals surface area contributed by atoms with Crippen molar-refractivity contribution in [1.82, 2.24) is 9.97 Å². The van der Waals surface area contributed by atoms with E-state index in [1.807, 2.05) is 0 Å². The molecule has 1 heterocycles. The lowest BCUT2D eigenvalue weighted by Gasteiger charge is -2.09. The first-order valence-electron chi connectivity index (χ1n) is 5.02. The fraction of sp³-hybridized carbons (Fsp3) is 0.167. The minimum atomic E-state index is -0.407. The van der Waals surface area contributed by atoms with E-state index in [0.717, 1.165) is 5.56 Å². The summed E-state index contributed by atoms with van der Waals surface area (Å²) in [6.07, 6.45) is 1.46. The summed E-state index contributed by atoms with van der Waals surface area (Å²) in [7, 11) is 1.43. The highest BCUT2D eigenvalue weighted by atomic mass is 32.1. The van der Waals surface area contributed by atoms with Crippen LogP contribution in [0.2, 0.25) is 0 Å². The molecule has 1 aromatic heterocycles.